The minimum absolute atomic E-state index is 0. The van der Waals surface area contributed by atoms with E-state index < -0.39 is 0 Å². The molecule has 0 aliphatic carbocycles. The Balaban J connectivity index is 0. The fraction of sp³-hybridized carbons (Fsp3) is 0.833. The highest BCUT2D eigenvalue weighted by atomic mass is 35.5. The highest BCUT2D eigenvalue weighted by Crippen LogP contribution is 1.97. The van der Waals surface area contributed by atoms with Gasteiger partial charge in [-0.2, -0.15) is 0 Å². The average Bonchev–Trinajstić information content (AvgIpc) is 2.55. The van der Waals surface area contributed by atoms with Crippen molar-refractivity contribution >= 4 is 30.3 Å². The summed E-state index contributed by atoms with van der Waals surface area (Å²) in [4.78, 5) is 36.1. The largest absolute Gasteiger partial charge is 0.464 e. The smallest absolute Gasteiger partial charge is 0.305 e. The first-order valence-electron chi connectivity index (χ1n) is 9.22. The van der Waals surface area contributed by atoms with Gasteiger partial charge in [0.05, 0.1) is 0 Å². The normalized spacial score (nSPS) is 10.2. The molecule has 0 aliphatic rings. The number of hydrogen-bond acceptors (Lipinski definition) is 7. The Labute approximate surface area is 163 Å². The van der Waals surface area contributed by atoms with Gasteiger partial charge < -0.3 is 14.2 Å². The highest BCUT2D eigenvalue weighted by Gasteiger charge is 2.10. The van der Waals surface area contributed by atoms with Crippen LogP contribution < -0.4 is 0 Å². The first-order valence-corrected chi connectivity index (χ1v) is 9.22. The first-order chi connectivity index (χ1) is 12.0. The van der Waals surface area contributed by atoms with E-state index in [0.717, 1.165) is 19.3 Å². The molecule has 0 aromatic rings. The van der Waals surface area contributed by atoms with E-state index in [1.807, 2.05) is 25.7 Å². The second kappa shape index (κ2) is 18.5. The Kier molecular flexibility index (Phi) is 19.1. The third-order valence-electron chi connectivity index (χ3n) is 3.37. The van der Waals surface area contributed by atoms with Gasteiger partial charge in [0, 0.05) is 38.9 Å². The molecule has 154 valence electrons. The zero-order valence-electron chi connectivity index (χ0n) is 16.3. The fourth-order valence-electron chi connectivity index (χ4n) is 2.03. The van der Waals surface area contributed by atoms with Gasteiger partial charge in [-0.05, 0) is 19.3 Å². The minimum Gasteiger partial charge on any atom is -0.464 e. The predicted molar refractivity (Wildman–Crippen MR) is 101 cm³/mol. The number of carbonyl (C=O) groups excluding carboxylic acids is 3. The Hall–Kier alpha value is -1.34. The number of ether oxygens (including phenoxy) is 3. The zero-order valence-corrected chi connectivity index (χ0v) is 17.1. The van der Waals surface area contributed by atoms with Gasteiger partial charge in [-0.1, -0.05) is 20.8 Å². The molecule has 0 atom stereocenters. The Bertz CT molecular complexity index is 335. The average molecular weight is 396 g/mol. The molecule has 0 saturated carbocycles. The van der Waals surface area contributed by atoms with Crippen LogP contribution in [-0.4, -0.2) is 62.3 Å². The predicted octanol–water partition coefficient (Wildman–Crippen LogP) is 2.74. The van der Waals surface area contributed by atoms with Gasteiger partial charge in [0.2, 0.25) is 0 Å². The Morgan fingerprint density at radius 1 is 0.615 bits per heavy atom. The number of rotatable bonds is 15. The van der Waals surface area contributed by atoms with Gasteiger partial charge in [0.15, 0.2) is 0 Å². The number of esters is 3. The lowest BCUT2D eigenvalue weighted by atomic mass is 10.3. The van der Waals surface area contributed by atoms with Crippen molar-refractivity contribution in [2.45, 2.75) is 59.3 Å². The quantitative estimate of drug-likeness (QED) is 0.311. The van der Waals surface area contributed by atoms with E-state index in [0.29, 0.717) is 38.9 Å². The van der Waals surface area contributed by atoms with Gasteiger partial charge in [-0.25, -0.2) is 0 Å². The van der Waals surface area contributed by atoms with Crippen molar-refractivity contribution in [2.24, 2.45) is 0 Å². The van der Waals surface area contributed by atoms with Crippen LogP contribution in [0.1, 0.15) is 59.3 Å². The molecule has 0 aromatic heterocycles. The van der Waals surface area contributed by atoms with E-state index in [-0.39, 0.29) is 50.1 Å². The molecule has 8 heteroatoms. The van der Waals surface area contributed by atoms with Crippen LogP contribution in [-0.2, 0) is 28.6 Å². The maximum absolute atomic E-state index is 11.4. The molecule has 0 rings (SSSR count). The second-order valence-corrected chi connectivity index (χ2v) is 5.75. The summed E-state index contributed by atoms with van der Waals surface area (Å²) in [5.41, 5.74) is 0. The van der Waals surface area contributed by atoms with Crippen molar-refractivity contribution < 1.29 is 28.6 Å². The molecule has 0 amide bonds. The summed E-state index contributed by atoms with van der Waals surface area (Å²) in [5, 5.41) is 0. The van der Waals surface area contributed by atoms with Crippen molar-refractivity contribution in [1.29, 1.82) is 0 Å². The lowest BCUT2D eigenvalue weighted by molar-refractivity contribution is -0.144. The van der Waals surface area contributed by atoms with E-state index in [9.17, 15) is 14.4 Å². The maximum Gasteiger partial charge on any atom is 0.305 e. The Morgan fingerprint density at radius 3 is 1.12 bits per heavy atom. The summed E-state index contributed by atoms with van der Waals surface area (Å²) in [6.45, 7) is 8.08. The summed E-state index contributed by atoms with van der Waals surface area (Å²) in [5.74, 6) is -0.649. The van der Waals surface area contributed by atoms with Crippen LogP contribution in [0, 0.1) is 0 Å². The van der Waals surface area contributed by atoms with Crippen molar-refractivity contribution in [1.82, 2.24) is 4.90 Å². The van der Waals surface area contributed by atoms with Crippen LogP contribution in [0.3, 0.4) is 0 Å². The molecule has 0 radical (unpaired) electrons. The number of halogens is 1. The van der Waals surface area contributed by atoms with Gasteiger partial charge in [0.1, 0.15) is 19.8 Å². The molecular weight excluding hydrogens is 362 g/mol. The van der Waals surface area contributed by atoms with Crippen LogP contribution in [0.5, 0.6) is 0 Å². The summed E-state index contributed by atoms with van der Waals surface area (Å²) in [6, 6.07) is 0. The van der Waals surface area contributed by atoms with Crippen LogP contribution in [0.25, 0.3) is 0 Å². The van der Waals surface area contributed by atoms with Crippen molar-refractivity contribution in [3.63, 3.8) is 0 Å². The number of nitrogens with zero attached hydrogens (tertiary/aromatic N) is 1. The molecule has 0 N–H and O–H groups in total. The molecule has 0 fully saturated rings. The third-order valence-corrected chi connectivity index (χ3v) is 3.37. The maximum atomic E-state index is 11.4. The molecule has 0 aromatic carbocycles. The van der Waals surface area contributed by atoms with Crippen LogP contribution >= 0.6 is 12.4 Å². The second-order valence-electron chi connectivity index (χ2n) is 5.75. The highest BCUT2D eigenvalue weighted by molar-refractivity contribution is 5.85. The molecule has 0 unspecified atom stereocenters. The summed E-state index contributed by atoms with van der Waals surface area (Å²) >= 11 is 0. The van der Waals surface area contributed by atoms with Crippen LogP contribution in [0.2, 0.25) is 0 Å². The minimum atomic E-state index is -0.216. The summed E-state index contributed by atoms with van der Waals surface area (Å²) in [7, 11) is 0. The Morgan fingerprint density at radius 2 is 0.885 bits per heavy atom. The lowest BCUT2D eigenvalue weighted by Crippen LogP contribution is -2.35. The molecule has 0 spiro atoms. The summed E-state index contributed by atoms with van der Waals surface area (Å²) in [6.07, 6.45) is 3.48. The molecule has 0 saturated heterocycles. The van der Waals surface area contributed by atoms with E-state index >= 15 is 0 Å². The van der Waals surface area contributed by atoms with Crippen molar-refractivity contribution in [2.75, 3.05) is 39.5 Å². The molecule has 26 heavy (non-hydrogen) atoms. The van der Waals surface area contributed by atoms with Crippen LogP contribution in [0.15, 0.2) is 0 Å². The van der Waals surface area contributed by atoms with E-state index in [2.05, 4.69) is 0 Å². The monoisotopic (exact) mass is 395 g/mol. The van der Waals surface area contributed by atoms with Crippen molar-refractivity contribution in [3.8, 4) is 0 Å². The molecule has 0 bridgehead atoms. The van der Waals surface area contributed by atoms with Crippen molar-refractivity contribution in [3.05, 3.63) is 0 Å². The fourth-order valence-corrected chi connectivity index (χ4v) is 2.03. The molecule has 0 aliphatic heterocycles. The van der Waals surface area contributed by atoms with Gasteiger partial charge in [-0.15, -0.1) is 12.4 Å². The van der Waals surface area contributed by atoms with Gasteiger partial charge in [0.25, 0.3) is 0 Å². The molecule has 0 heterocycles. The van der Waals surface area contributed by atoms with Gasteiger partial charge >= 0.3 is 17.9 Å². The first kappa shape index (κ1) is 26.9. The molecular formula is C18H34ClNO6. The lowest BCUT2D eigenvalue weighted by Gasteiger charge is -2.21. The van der Waals surface area contributed by atoms with Gasteiger partial charge in [-0.3, -0.25) is 19.3 Å². The van der Waals surface area contributed by atoms with Crippen LogP contribution in [0.4, 0.5) is 0 Å². The van der Waals surface area contributed by atoms with E-state index in [1.165, 1.54) is 0 Å². The standard InChI is InChI=1S/C18H33NO6.ClH/c1-4-7-16(20)23-13-10-19(11-14-24-17(21)8-5-2)12-15-25-18(22)9-6-3;/h4-15H2,1-3H3;1H. The van der Waals surface area contributed by atoms with E-state index in [4.69, 9.17) is 14.2 Å². The topological polar surface area (TPSA) is 82.1 Å². The number of hydrogen-bond donors (Lipinski definition) is 0. The number of carbonyl (C=O) groups is 3. The summed E-state index contributed by atoms with van der Waals surface area (Å²) < 4.78 is 15.4. The SMILES string of the molecule is CCCC(=O)OCCN(CCOC(=O)CCC)CCOC(=O)CCC.Cl. The third kappa shape index (κ3) is 16.1. The zero-order chi connectivity index (χ0) is 18.9. The van der Waals surface area contributed by atoms with E-state index in [1.54, 1.807) is 0 Å². The molecule has 7 nitrogen and oxygen atoms in total.